The fraction of sp³-hybridized carbons (Fsp3) is 0.765. The van der Waals surface area contributed by atoms with Gasteiger partial charge in [-0.05, 0) is 24.7 Å². The van der Waals surface area contributed by atoms with E-state index >= 15 is 0 Å². The smallest absolute Gasteiger partial charge is 0.314 e. The zero-order valence-electron chi connectivity index (χ0n) is 13.9. The number of ether oxygens (including phenoxy) is 1. The highest BCUT2D eigenvalue weighted by Gasteiger charge is 2.19. The van der Waals surface area contributed by atoms with Gasteiger partial charge in [0.05, 0.1) is 12.8 Å². The lowest BCUT2D eigenvalue weighted by Crippen LogP contribution is -2.02. The van der Waals surface area contributed by atoms with Crippen LogP contribution in [-0.2, 0) is 14.3 Å². The van der Waals surface area contributed by atoms with E-state index < -0.39 is 11.9 Å². The Balaban J connectivity index is 0.000000428. The molecule has 0 saturated carbocycles. The van der Waals surface area contributed by atoms with E-state index in [0.717, 1.165) is 5.92 Å². The number of cyclic esters (lactones) is 2. The van der Waals surface area contributed by atoms with E-state index in [4.69, 9.17) is 0 Å². The van der Waals surface area contributed by atoms with Crippen molar-refractivity contribution in [2.75, 3.05) is 0 Å². The molecule has 1 saturated heterocycles. The Labute approximate surface area is 123 Å². The van der Waals surface area contributed by atoms with Gasteiger partial charge < -0.3 is 4.74 Å². The molecule has 3 nitrogen and oxygen atoms in total. The molecule has 1 fully saturated rings. The van der Waals surface area contributed by atoms with Crippen LogP contribution in [0.4, 0.5) is 0 Å². The van der Waals surface area contributed by atoms with Gasteiger partial charge in [-0.1, -0.05) is 59.1 Å². The Hall–Kier alpha value is -1.12. The summed E-state index contributed by atoms with van der Waals surface area (Å²) in [6.45, 7) is 13.7. The fourth-order valence-corrected chi connectivity index (χ4v) is 2.38. The van der Waals surface area contributed by atoms with E-state index in [1.54, 1.807) is 5.57 Å². The van der Waals surface area contributed by atoms with Gasteiger partial charge in [-0.2, -0.15) is 0 Å². The quantitative estimate of drug-likeness (QED) is 0.428. The minimum atomic E-state index is -0.398. The third-order valence-electron chi connectivity index (χ3n) is 2.89. The molecule has 1 aliphatic heterocycles. The number of rotatable bonds is 4. The van der Waals surface area contributed by atoms with Crippen molar-refractivity contribution in [3.63, 3.8) is 0 Å². The van der Waals surface area contributed by atoms with E-state index in [9.17, 15) is 9.59 Å². The van der Waals surface area contributed by atoms with Crippen LogP contribution in [0.2, 0.25) is 0 Å². The molecule has 0 spiro atoms. The number of esters is 2. The number of hydrogen-bond donors (Lipinski definition) is 0. The highest BCUT2D eigenvalue weighted by Crippen LogP contribution is 2.22. The van der Waals surface area contributed by atoms with Crippen LogP contribution >= 0.6 is 0 Å². The molecule has 1 heterocycles. The normalized spacial score (nSPS) is 17.4. The Morgan fingerprint density at radius 3 is 2.05 bits per heavy atom. The average Bonchev–Trinajstić information content (AvgIpc) is 2.60. The molecule has 1 atom stereocenters. The highest BCUT2D eigenvalue weighted by molar-refractivity contribution is 5.92. The molecule has 0 N–H and O–H groups in total. The average molecular weight is 282 g/mol. The summed E-state index contributed by atoms with van der Waals surface area (Å²) in [6.07, 6.45) is 6.86. The van der Waals surface area contributed by atoms with Gasteiger partial charge in [0.25, 0.3) is 0 Å². The SMILES string of the molecule is CCCC(C)C/C(C)=C\C(C)(C)C.O=C1CCC(=O)O1. The summed E-state index contributed by atoms with van der Waals surface area (Å²) in [4.78, 5) is 20.0. The fourth-order valence-electron chi connectivity index (χ4n) is 2.38. The molecule has 1 rings (SSSR count). The van der Waals surface area contributed by atoms with E-state index in [0.29, 0.717) is 5.41 Å². The molecule has 0 amide bonds. The Morgan fingerprint density at radius 2 is 1.75 bits per heavy atom. The predicted molar refractivity (Wildman–Crippen MR) is 82.2 cm³/mol. The molecule has 0 aromatic heterocycles. The minimum Gasteiger partial charge on any atom is -0.393 e. The molecular formula is C17H30O3. The van der Waals surface area contributed by atoms with Crippen LogP contribution in [0.5, 0.6) is 0 Å². The van der Waals surface area contributed by atoms with E-state index in [2.05, 4.69) is 52.4 Å². The summed E-state index contributed by atoms with van der Waals surface area (Å²) in [5.74, 6) is 0.0543. The Bertz CT molecular complexity index is 334. The minimum absolute atomic E-state index is 0.263. The van der Waals surface area contributed by atoms with Gasteiger partial charge in [0, 0.05) is 0 Å². The molecule has 1 unspecified atom stereocenters. The van der Waals surface area contributed by atoms with Gasteiger partial charge in [-0.3, -0.25) is 9.59 Å². The zero-order valence-corrected chi connectivity index (χ0v) is 13.9. The standard InChI is InChI=1S/C13H26.C4H4O3/c1-7-8-11(2)9-12(3)10-13(4,5)6;5-3-1-2-4(6)7-3/h10-11H,7-9H2,1-6H3;1-2H2/b12-10-;. The van der Waals surface area contributed by atoms with E-state index in [-0.39, 0.29) is 12.8 Å². The first-order chi connectivity index (χ1) is 9.14. The maximum absolute atomic E-state index is 10.0. The van der Waals surface area contributed by atoms with Crippen LogP contribution in [0.3, 0.4) is 0 Å². The molecule has 116 valence electrons. The topological polar surface area (TPSA) is 43.4 Å². The molecule has 0 bridgehead atoms. The Kier molecular flexibility index (Phi) is 8.43. The zero-order chi connectivity index (χ0) is 15.8. The van der Waals surface area contributed by atoms with Gasteiger partial charge >= 0.3 is 11.9 Å². The number of hydrogen-bond acceptors (Lipinski definition) is 3. The summed E-state index contributed by atoms with van der Waals surface area (Å²) in [5, 5.41) is 0. The van der Waals surface area contributed by atoms with Crippen LogP contribution < -0.4 is 0 Å². The molecule has 0 aromatic rings. The first-order valence-corrected chi connectivity index (χ1v) is 7.56. The first-order valence-electron chi connectivity index (χ1n) is 7.56. The maximum Gasteiger partial charge on any atom is 0.314 e. The van der Waals surface area contributed by atoms with Crippen molar-refractivity contribution in [3.8, 4) is 0 Å². The molecule has 20 heavy (non-hydrogen) atoms. The monoisotopic (exact) mass is 282 g/mol. The lowest BCUT2D eigenvalue weighted by molar-refractivity contribution is -0.151. The van der Waals surface area contributed by atoms with Crippen molar-refractivity contribution in [1.29, 1.82) is 0 Å². The number of carbonyl (C=O) groups excluding carboxylic acids is 2. The van der Waals surface area contributed by atoms with Crippen molar-refractivity contribution in [2.45, 2.75) is 73.6 Å². The molecule has 3 heteroatoms. The summed E-state index contributed by atoms with van der Waals surface area (Å²) < 4.78 is 4.08. The van der Waals surface area contributed by atoms with Crippen molar-refractivity contribution in [1.82, 2.24) is 0 Å². The van der Waals surface area contributed by atoms with Gasteiger partial charge in [-0.25, -0.2) is 0 Å². The van der Waals surface area contributed by atoms with Crippen LogP contribution in [0, 0.1) is 11.3 Å². The van der Waals surface area contributed by atoms with Gasteiger partial charge in [-0.15, -0.1) is 0 Å². The molecule has 0 aliphatic carbocycles. The van der Waals surface area contributed by atoms with Crippen LogP contribution in [0.15, 0.2) is 11.6 Å². The Morgan fingerprint density at radius 1 is 1.25 bits per heavy atom. The lowest BCUT2D eigenvalue weighted by Gasteiger charge is -2.16. The third-order valence-corrected chi connectivity index (χ3v) is 2.89. The molecule has 1 aliphatic rings. The van der Waals surface area contributed by atoms with Crippen LogP contribution in [-0.4, -0.2) is 11.9 Å². The number of allylic oxidation sites excluding steroid dienone is 2. The second-order valence-corrected chi connectivity index (χ2v) is 6.80. The maximum atomic E-state index is 10.0. The van der Waals surface area contributed by atoms with Crippen molar-refractivity contribution in [2.24, 2.45) is 11.3 Å². The molecular weight excluding hydrogens is 252 g/mol. The van der Waals surface area contributed by atoms with E-state index in [1.165, 1.54) is 19.3 Å². The summed E-state index contributed by atoms with van der Waals surface area (Å²) in [6, 6.07) is 0. The van der Waals surface area contributed by atoms with Crippen LogP contribution in [0.25, 0.3) is 0 Å². The lowest BCUT2D eigenvalue weighted by atomic mass is 9.90. The summed E-state index contributed by atoms with van der Waals surface area (Å²) in [7, 11) is 0. The summed E-state index contributed by atoms with van der Waals surface area (Å²) in [5.41, 5.74) is 1.89. The first kappa shape index (κ1) is 18.9. The van der Waals surface area contributed by atoms with Crippen LogP contribution in [0.1, 0.15) is 73.6 Å². The van der Waals surface area contributed by atoms with Gasteiger partial charge in [0.15, 0.2) is 0 Å². The predicted octanol–water partition coefficient (Wildman–Crippen LogP) is 4.66. The third kappa shape index (κ3) is 10.8. The highest BCUT2D eigenvalue weighted by atomic mass is 16.6. The largest absolute Gasteiger partial charge is 0.393 e. The van der Waals surface area contributed by atoms with E-state index in [1.807, 2.05) is 0 Å². The molecule has 0 aromatic carbocycles. The second-order valence-electron chi connectivity index (χ2n) is 6.80. The number of carbonyl (C=O) groups is 2. The summed E-state index contributed by atoms with van der Waals surface area (Å²) >= 11 is 0. The van der Waals surface area contributed by atoms with Gasteiger partial charge in [0.1, 0.15) is 0 Å². The van der Waals surface area contributed by atoms with Crippen molar-refractivity contribution < 1.29 is 14.3 Å². The van der Waals surface area contributed by atoms with Gasteiger partial charge in [0.2, 0.25) is 0 Å². The molecule has 0 radical (unpaired) electrons. The van der Waals surface area contributed by atoms with Crippen molar-refractivity contribution in [3.05, 3.63) is 11.6 Å². The van der Waals surface area contributed by atoms with Crippen molar-refractivity contribution >= 4 is 11.9 Å². The second kappa shape index (κ2) is 8.93.